The van der Waals surface area contributed by atoms with E-state index in [1.54, 1.807) is 24.4 Å². The molecule has 1 aromatic heterocycles. The molecule has 0 saturated carbocycles. The number of rotatable bonds is 8. The Bertz CT molecular complexity index is 595. The second kappa shape index (κ2) is 7.33. The number of aromatic carboxylic acids is 1. The Morgan fingerprint density at radius 3 is 2.81 bits per heavy atom. The molecule has 2 rings (SSSR count). The van der Waals surface area contributed by atoms with Gasteiger partial charge in [0.15, 0.2) is 5.75 Å². The summed E-state index contributed by atoms with van der Waals surface area (Å²) in [6.45, 7) is 3.52. The molecular formula is C15H18N2O4. The molecule has 0 fully saturated rings. The van der Waals surface area contributed by atoms with E-state index in [1.165, 1.54) is 6.07 Å². The molecule has 0 saturated heterocycles. The van der Waals surface area contributed by atoms with Gasteiger partial charge in [-0.2, -0.15) is 5.10 Å². The van der Waals surface area contributed by atoms with Crippen LogP contribution in [0.5, 0.6) is 11.5 Å². The zero-order valence-corrected chi connectivity index (χ0v) is 11.9. The molecule has 0 aliphatic heterocycles. The molecule has 6 nitrogen and oxygen atoms in total. The fourth-order valence-corrected chi connectivity index (χ4v) is 1.85. The van der Waals surface area contributed by atoms with Crippen molar-refractivity contribution in [2.24, 2.45) is 0 Å². The molecule has 0 atom stereocenters. The summed E-state index contributed by atoms with van der Waals surface area (Å²) in [4.78, 5) is 11.0. The smallest absolute Gasteiger partial charge is 0.339 e. The largest absolute Gasteiger partial charge is 0.489 e. The molecule has 112 valence electrons. The Kier molecular flexibility index (Phi) is 5.20. The van der Waals surface area contributed by atoms with Crippen LogP contribution in [0.25, 0.3) is 0 Å². The van der Waals surface area contributed by atoms with Gasteiger partial charge in [-0.1, -0.05) is 19.1 Å². The number of aromatic nitrogens is 2. The van der Waals surface area contributed by atoms with Crippen LogP contribution in [0, 0.1) is 0 Å². The average Bonchev–Trinajstić information content (AvgIpc) is 2.92. The summed E-state index contributed by atoms with van der Waals surface area (Å²) in [5.41, 5.74) is 0.147. The number of carbonyl (C=O) groups is 1. The van der Waals surface area contributed by atoms with E-state index >= 15 is 0 Å². The molecule has 1 heterocycles. The van der Waals surface area contributed by atoms with Gasteiger partial charge in [0.25, 0.3) is 0 Å². The molecule has 1 N–H and O–H groups in total. The lowest BCUT2D eigenvalue weighted by atomic mass is 10.2. The minimum Gasteiger partial charge on any atom is -0.489 e. The van der Waals surface area contributed by atoms with Crippen LogP contribution in [0.3, 0.4) is 0 Å². The summed E-state index contributed by atoms with van der Waals surface area (Å²) in [6, 6.07) is 6.53. The lowest BCUT2D eigenvalue weighted by molar-refractivity contribution is 0.0691. The van der Waals surface area contributed by atoms with Crippen molar-refractivity contribution in [2.75, 3.05) is 13.2 Å². The number of nitrogens with zero attached hydrogens (tertiary/aromatic N) is 2. The second-order valence-electron chi connectivity index (χ2n) is 4.44. The molecule has 0 unspecified atom stereocenters. The van der Waals surface area contributed by atoms with E-state index < -0.39 is 5.97 Å². The summed E-state index contributed by atoms with van der Waals surface area (Å²) in [7, 11) is 0. The number of carboxylic acids is 1. The zero-order valence-electron chi connectivity index (χ0n) is 11.9. The van der Waals surface area contributed by atoms with Crippen LogP contribution in [-0.4, -0.2) is 34.1 Å². The number of ether oxygens (including phenoxy) is 2. The molecule has 1 aromatic carbocycles. The summed E-state index contributed by atoms with van der Waals surface area (Å²) in [5.74, 6) is 0.0150. The molecule has 2 aromatic rings. The topological polar surface area (TPSA) is 73.6 Å². The lowest BCUT2D eigenvalue weighted by Crippen LogP contribution is -2.11. The maximum Gasteiger partial charge on any atom is 0.339 e. The summed E-state index contributed by atoms with van der Waals surface area (Å²) in [6.07, 6.45) is 4.49. The maximum absolute atomic E-state index is 11.0. The van der Waals surface area contributed by atoms with E-state index in [2.05, 4.69) is 12.0 Å². The standard InChI is InChI=1S/C15H18N2O4/c1-2-7-17-11-12(10-16-17)20-8-9-21-14-6-4-3-5-13(14)15(18)19/h3-6,10-11H,2,7-9H2,1H3,(H,18,19). The summed E-state index contributed by atoms with van der Waals surface area (Å²) in [5, 5.41) is 13.2. The predicted molar refractivity (Wildman–Crippen MR) is 76.9 cm³/mol. The van der Waals surface area contributed by atoms with E-state index in [0.29, 0.717) is 18.1 Å². The van der Waals surface area contributed by atoms with Crippen molar-refractivity contribution >= 4 is 5.97 Å². The zero-order chi connectivity index (χ0) is 15.1. The van der Waals surface area contributed by atoms with Gasteiger partial charge in [0.05, 0.1) is 12.4 Å². The van der Waals surface area contributed by atoms with Crippen molar-refractivity contribution < 1.29 is 19.4 Å². The van der Waals surface area contributed by atoms with Gasteiger partial charge in [0, 0.05) is 6.54 Å². The average molecular weight is 290 g/mol. The lowest BCUT2D eigenvalue weighted by Gasteiger charge is -2.09. The Morgan fingerprint density at radius 2 is 2.05 bits per heavy atom. The molecule has 6 heteroatoms. The van der Waals surface area contributed by atoms with E-state index in [1.807, 2.05) is 10.9 Å². The van der Waals surface area contributed by atoms with Crippen molar-refractivity contribution in [3.8, 4) is 11.5 Å². The molecule has 0 aliphatic rings. The first kappa shape index (κ1) is 14.9. The SMILES string of the molecule is CCCn1cc(OCCOc2ccccc2C(=O)O)cn1. The third-order valence-corrected chi connectivity index (χ3v) is 2.79. The third-order valence-electron chi connectivity index (χ3n) is 2.79. The molecule has 0 amide bonds. The molecule has 0 bridgehead atoms. The number of hydrogen-bond donors (Lipinski definition) is 1. The normalized spacial score (nSPS) is 10.3. The van der Waals surface area contributed by atoms with Crippen molar-refractivity contribution in [3.63, 3.8) is 0 Å². The highest BCUT2D eigenvalue weighted by Crippen LogP contribution is 2.17. The van der Waals surface area contributed by atoms with E-state index in [-0.39, 0.29) is 12.2 Å². The highest BCUT2D eigenvalue weighted by molar-refractivity contribution is 5.90. The quantitative estimate of drug-likeness (QED) is 0.756. The predicted octanol–water partition coefficient (Wildman–Crippen LogP) is 2.45. The molecule has 0 radical (unpaired) electrons. The van der Waals surface area contributed by atoms with Crippen LogP contribution in [0.2, 0.25) is 0 Å². The third kappa shape index (κ3) is 4.24. The van der Waals surface area contributed by atoms with E-state index in [4.69, 9.17) is 14.6 Å². The number of hydrogen-bond acceptors (Lipinski definition) is 4. The van der Waals surface area contributed by atoms with Crippen LogP contribution in [0.4, 0.5) is 0 Å². The number of aryl methyl sites for hydroxylation is 1. The molecular weight excluding hydrogens is 272 g/mol. The summed E-state index contributed by atoms with van der Waals surface area (Å²) >= 11 is 0. The van der Waals surface area contributed by atoms with Gasteiger partial charge in [-0.15, -0.1) is 0 Å². The molecule has 0 spiro atoms. The second-order valence-corrected chi connectivity index (χ2v) is 4.44. The van der Waals surface area contributed by atoms with Crippen LogP contribution in [-0.2, 0) is 6.54 Å². The van der Waals surface area contributed by atoms with Crippen LogP contribution < -0.4 is 9.47 Å². The van der Waals surface area contributed by atoms with E-state index in [0.717, 1.165) is 13.0 Å². The van der Waals surface area contributed by atoms with Crippen LogP contribution in [0.1, 0.15) is 23.7 Å². The van der Waals surface area contributed by atoms with Gasteiger partial charge in [0.2, 0.25) is 0 Å². The monoisotopic (exact) mass is 290 g/mol. The van der Waals surface area contributed by atoms with Gasteiger partial charge in [-0.25, -0.2) is 4.79 Å². The van der Waals surface area contributed by atoms with Crippen LogP contribution >= 0.6 is 0 Å². The Morgan fingerprint density at radius 1 is 1.29 bits per heavy atom. The minimum atomic E-state index is -1.01. The van der Waals surface area contributed by atoms with Gasteiger partial charge < -0.3 is 14.6 Å². The first-order valence-electron chi connectivity index (χ1n) is 6.81. The van der Waals surface area contributed by atoms with Crippen molar-refractivity contribution in [2.45, 2.75) is 19.9 Å². The minimum absolute atomic E-state index is 0.147. The van der Waals surface area contributed by atoms with Gasteiger partial charge >= 0.3 is 5.97 Å². The van der Waals surface area contributed by atoms with Gasteiger partial charge in [0.1, 0.15) is 24.5 Å². The van der Waals surface area contributed by atoms with Crippen LogP contribution in [0.15, 0.2) is 36.7 Å². The van der Waals surface area contributed by atoms with Gasteiger partial charge in [-0.05, 0) is 18.6 Å². The van der Waals surface area contributed by atoms with Crippen molar-refractivity contribution in [3.05, 3.63) is 42.2 Å². The molecule has 21 heavy (non-hydrogen) atoms. The highest BCUT2D eigenvalue weighted by Gasteiger charge is 2.09. The van der Waals surface area contributed by atoms with Gasteiger partial charge in [-0.3, -0.25) is 4.68 Å². The Labute approximate surface area is 122 Å². The fourth-order valence-electron chi connectivity index (χ4n) is 1.85. The summed E-state index contributed by atoms with van der Waals surface area (Å²) < 4.78 is 12.8. The number of benzene rings is 1. The number of carboxylic acid groups (broad SMARTS) is 1. The molecule has 0 aliphatic carbocycles. The Hall–Kier alpha value is -2.50. The first-order chi connectivity index (χ1) is 10.2. The van der Waals surface area contributed by atoms with Crippen molar-refractivity contribution in [1.29, 1.82) is 0 Å². The maximum atomic E-state index is 11.0. The van der Waals surface area contributed by atoms with Crippen molar-refractivity contribution in [1.82, 2.24) is 9.78 Å². The highest BCUT2D eigenvalue weighted by atomic mass is 16.5. The fraction of sp³-hybridized carbons (Fsp3) is 0.333. The Balaban J connectivity index is 1.80. The van der Waals surface area contributed by atoms with E-state index in [9.17, 15) is 4.79 Å². The first-order valence-corrected chi connectivity index (χ1v) is 6.81. The number of para-hydroxylation sites is 1.